The van der Waals surface area contributed by atoms with Crippen molar-refractivity contribution in [1.29, 1.82) is 0 Å². The van der Waals surface area contributed by atoms with Crippen molar-refractivity contribution >= 4 is 18.3 Å². The molecule has 0 bridgehead atoms. The molecule has 0 aliphatic rings. The van der Waals surface area contributed by atoms with Gasteiger partial charge in [-0.3, -0.25) is 4.79 Å². The average Bonchev–Trinajstić information content (AvgIpc) is 2.54. The van der Waals surface area contributed by atoms with Crippen LogP contribution in [0.1, 0.15) is 42.6 Å². The van der Waals surface area contributed by atoms with Crippen LogP contribution >= 0.6 is 12.4 Å². The molecule has 3 nitrogen and oxygen atoms in total. The topological polar surface area (TPSA) is 55.1 Å². The van der Waals surface area contributed by atoms with Gasteiger partial charge < -0.3 is 11.1 Å². The smallest absolute Gasteiger partial charge is 0.225 e. The summed E-state index contributed by atoms with van der Waals surface area (Å²) in [5, 5.41) is 3.07. The molecule has 0 saturated carbocycles. The van der Waals surface area contributed by atoms with Gasteiger partial charge in [-0.1, -0.05) is 61.5 Å². The predicted octanol–water partition coefficient (Wildman–Crippen LogP) is 3.93. The maximum Gasteiger partial charge on any atom is 0.225 e. The average molecular weight is 333 g/mol. The van der Waals surface area contributed by atoms with E-state index in [1.165, 1.54) is 5.56 Å². The highest BCUT2D eigenvalue weighted by molar-refractivity contribution is 5.85. The Morgan fingerprint density at radius 2 is 1.57 bits per heavy atom. The molecule has 4 heteroatoms. The summed E-state index contributed by atoms with van der Waals surface area (Å²) in [6.07, 6.45) is 0. The molecule has 0 spiro atoms. The second kappa shape index (κ2) is 8.70. The van der Waals surface area contributed by atoms with Crippen molar-refractivity contribution in [3.05, 3.63) is 71.3 Å². The van der Waals surface area contributed by atoms with Crippen LogP contribution in [0.2, 0.25) is 0 Å². The summed E-state index contributed by atoms with van der Waals surface area (Å²) in [5.41, 5.74) is 9.51. The minimum Gasteiger partial charge on any atom is -0.349 e. The van der Waals surface area contributed by atoms with Crippen LogP contribution in [-0.2, 0) is 4.79 Å². The highest BCUT2D eigenvalue weighted by Gasteiger charge is 2.23. The summed E-state index contributed by atoms with van der Waals surface area (Å²) >= 11 is 0. The van der Waals surface area contributed by atoms with Crippen molar-refractivity contribution in [2.45, 2.75) is 32.9 Å². The van der Waals surface area contributed by atoms with Crippen LogP contribution in [0.3, 0.4) is 0 Å². The highest BCUT2D eigenvalue weighted by atomic mass is 35.5. The van der Waals surface area contributed by atoms with E-state index < -0.39 is 0 Å². The van der Waals surface area contributed by atoms with E-state index >= 15 is 0 Å². The predicted molar refractivity (Wildman–Crippen MR) is 97.5 cm³/mol. The fraction of sp³-hybridized carbons (Fsp3) is 0.316. The molecule has 0 aliphatic heterocycles. The molecule has 2 aromatic carbocycles. The highest BCUT2D eigenvalue weighted by Crippen LogP contribution is 2.21. The van der Waals surface area contributed by atoms with E-state index in [4.69, 9.17) is 5.73 Å². The largest absolute Gasteiger partial charge is 0.349 e. The second-order valence-corrected chi connectivity index (χ2v) is 5.81. The summed E-state index contributed by atoms with van der Waals surface area (Å²) < 4.78 is 0. The summed E-state index contributed by atoms with van der Waals surface area (Å²) in [7, 11) is 0. The molecule has 3 atom stereocenters. The van der Waals surface area contributed by atoms with Crippen molar-refractivity contribution in [3.63, 3.8) is 0 Å². The lowest BCUT2D eigenvalue weighted by molar-refractivity contribution is -0.125. The molecule has 2 aromatic rings. The third kappa shape index (κ3) is 4.81. The molecule has 0 heterocycles. The first-order chi connectivity index (χ1) is 10.5. The van der Waals surface area contributed by atoms with Gasteiger partial charge in [-0.15, -0.1) is 12.4 Å². The van der Waals surface area contributed by atoms with Gasteiger partial charge in [-0.2, -0.15) is 0 Å². The Labute approximate surface area is 144 Å². The fourth-order valence-electron chi connectivity index (χ4n) is 2.62. The van der Waals surface area contributed by atoms with Crippen LogP contribution in [0.4, 0.5) is 0 Å². The Morgan fingerprint density at radius 3 is 2.17 bits per heavy atom. The number of carbonyl (C=O) groups excluding carboxylic acids is 1. The number of carbonyl (C=O) groups is 1. The van der Waals surface area contributed by atoms with Crippen LogP contribution in [0.25, 0.3) is 0 Å². The zero-order valence-corrected chi connectivity index (χ0v) is 14.6. The van der Waals surface area contributed by atoms with Gasteiger partial charge in [-0.05, 0) is 30.5 Å². The van der Waals surface area contributed by atoms with Gasteiger partial charge in [0.05, 0.1) is 12.0 Å². The van der Waals surface area contributed by atoms with E-state index in [0.29, 0.717) is 0 Å². The van der Waals surface area contributed by atoms with Crippen molar-refractivity contribution in [1.82, 2.24) is 5.32 Å². The third-order valence-corrected chi connectivity index (χ3v) is 4.15. The van der Waals surface area contributed by atoms with Gasteiger partial charge in [0.25, 0.3) is 0 Å². The molecule has 3 unspecified atom stereocenters. The van der Waals surface area contributed by atoms with Gasteiger partial charge in [0, 0.05) is 6.04 Å². The first-order valence-corrected chi connectivity index (χ1v) is 7.67. The fourth-order valence-corrected chi connectivity index (χ4v) is 2.62. The lowest BCUT2D eigenvalue weighted by Gasteiger charge is -2.23. The van der Waals surface area contributed by atoms with E-state index in [9.17, 15) is 4.79 Å². The van der Waals surface area contributed by atoms with E-state index in [2.05, 4.69) is 18.3 Å². The van der Waals surface area contributed by atoms with Crippen LogP contribution in [-0.4, -0.2) is 5.91 Å². The number of nitrogens with one attached hydrogen (secondary N) is 1. The van der Waals surface area contributed by atoms with Gasteiger partial charge in [-0.25, -0.2) is 0 Å². The first-order valence-electron chi connectivity index (χ1n) is 7.67. The standard InChI is InChI=1S/C19H24N2O.ClH/c1-13-9-7-8-12-17(13)15(3)21-19(22)14(2)18(20)16-10-5-4-6-11-16;/h4-12,14-15,18H,20H2,1-3H3,(H,21,22);1H. The minimum absolute atomic E-state index is 0. The zero-order valence-electron chi connectivity index (χ0n) is 13.8. The SMILES string of the molecule is Cc1ccccc1C(C)NC(=O)C(C)C(N)c1ccccc1.Cl. The van der Waals surface area contributed by atoms with Crippen molar-refractivity contribution in [3.8, 4) is 0 Å². The molecule has 124 valence electrons. The molecular formula is C19H25ClN2O. The number of hydrogen-bond acceptors (Lipinski definition) is 2. The van der Waals surface area contributed by atoms with Gasteiger partial charge >= 0.3 is 0 Å². The Kier molecular flexibility index (Phi) is 7.27. The van der Waals surface area contributed by atoms with Gasteiger partial charge in [0.2, 0.25) is 5.91 Å². The Bertz CT molecular complexity index is 630. The molecule has 0 radical (unpaired) electrons. The molecule has 0 aliphatic carbocycles. The van der Waals surface area contributed by atoms with Crippen LogP contribution in [0.15, 0.2) is 54.6 Å². The number of aryl methyl sites for hydroxylation is 1. The zero-order chi connectivity index (χ0) is 16.1. The lowest BCUT2D eigenvalue weighted by atomic mass is 9.94. The molecule has 23 heavy (non-hydrogen) atoms. The number of hydrogen-bond donors (Lipinski definition) is 2. The first kappa shape index (κ1) is 19.2. The Morgan fingerprint density at radius 1 is 1.00 bits per heavy atom. The summed E-state index contributed by atoms with van der Waals surface area (Å²) in [5.74, 6) is -0.305. The van der Waals surface area contributed by atoms with E-state index in [1.54, 1.807) is 0 Å². The summed E-state index contributed by atoms with van der Waals surface area (Å²) in [6.45, 7) is 5.93. The molecule has 2 rings (SSSR count). The van der Waals surface area contributed by atoms with Crippen molar-refractivity contribution < 1.29 is 4.79 Å². The second-order valence-electron chi connectivity index (χ2n) is 5.81. The lowest BCUT2D eigenvalue weighted by Crippen LogP contribution is -2.37. The maximum absolute atomic E-state index is 12.5. The number of halogens is 1. The molecule has 1 amide bonds. The Balaban J connectivity index is 0.00000264. The van der Waals surface area contributed by atoms with E-state index in [1.807, 2.05) is 62.4 Å². The van der Waals surface area contributed by atoms with Crippen LogP contribution < -0.4 is 11.1 Å². The molecule has 3 N–H and O–H groups in total. The van der Waals surface area contributed by atoms with Crippen molar-refractivity contribution in [2.24, 2.45) is 11.7 Å². The number of amides is 1. The van der Waals surface area contributed by atoms with Crippen LogP contribution in [0, 0.1) is 12.8 Å². The van der Waals surface area contributed by atoms with Crippen LogP contribution in [0.5, 0.6) is 0 Å². The number of benzene rings is 2. The molecule has 0 aromatic heterocycles. The normalized spacial score (nSPS) is 14.3. The molecular weight excluding hydrogens is 308 g/mol. The maximum atomic E-state index is 12.5. The van der Waals surface area contributed by atoms with Gasteiger partial charge in [0.15, 0.2) is 0 Å². The van der Waals surface area contributed by atoms with E-state index in [-0.39, 0.29) is 36.3 Å². The monoisotopic (exact) mass is 332 g/mol. The van der Waals surface area contributed by atoms with Crippen molar-refractivity contribution in [2.75, 3.05) is 0 Å². The molecule has 0 fully saturated rings. The minimum atomic E-state index is -0.301. The molecule has 0 saturated heterocycles. The van der Waals surface area contributed by atoms with Gasteiger partial charge in [0.1, 0.15) is 0 Å². The quantitative estimate of drug-likeness (QED) is 0.871. The van der Waals surface area contributed by atoms with E-state index in [0.717, 1.165) is 11.1 Å². The summed E-state index contributed by atoms with van der Waals surface area (Å²) in [4.78, 5) is 12.5. The third-order valence-electron chi connectivity index (χ3n) is 4.15. The number of nitrogens with two attached hydrogens (primary N) is 1. The Hall–Kier alpha value is -1.84. The summed E-state index contributed by atoms with van der Waals surface area (Å²) in [6, 6.07) is 17.5. The number of rotatable bonds is 5.